The maximum absolute atomic E-state index is 11.8. The van der Waals surface area contributed by atoms with E-state index in [4.69, 9.17) is 19.9 Å². The van der Waals surface area contributed by atoms with Crippen molar-refractivity contribution < 1.29 is 19.0 Å². The van der Waals surface area contributed by atoms with E-state index in [9.17, 15) is 4.79 Å². The molecule has 0 radical (unpaired) electrons. The molecule has 0 aliphatic carbocycles. The molecule has 0 saturated carbocycles. The largest absolute Gasteiger partial charge is 0.493 e. The van der Waals surface area contributed by atoms with Gasteiger partial charge in [0.05, 0.1) is 12.7 Å². The Bertz CT molecular complexity index is 613. The zero-order valence-electron chi connectivity index (χ0n) is 11.7. The molecular formula is C16H17NO4. The number of esters is 1. The Balaban J connectivity index is 1.81. The lowest BCUT2D eigenvalue weighted by Crippen LogP contribution is -2.12. The summed E-state index contributed by atoms with van der Waals surface area (Å²) in [4.78, 5) is 11.8. The number of hydrogen-bond acceptors (Lipinski definition) is 5. The molecule has 2 rings (SSSR count). The van der Waals surface area contributed by atoms with Gasteiger partial charge in [0.25, 0.3) is 0 Å². The standard InChI is InChI=1S/C16H17NO4/c1-19-14-7-2-3-8-15(14)20-9-10-21-16(18)12-5-4-6-13(17)11-12/h2-8,11H,9-10,17H2,1H3. The molecule has 2 aromatic carbocycles. The van der Waals surface area contributed by atoms with Crippen LogP contribution in [0.2, 0.25) is 0 Å². The first kappa shape index (κ1) is 14.7. The number of nitrogens with two attached hydrogens (primary N) is 1. The van der Waals surface area contributed by atoms with E-state index in [1.54, 1.807) is 43.5 Å². The van der Waals surface area contributed by atoms with Crippen molar-refractivity contribution in [2.75, 3.05) is 26.1 Å². The van der Waals surface area contributed by atoms with Crippen LogP contribution in [0, 0.1) is 0 Å². The van der Waals surface area contributed by atoms with E-state index < -0.39 is 5.97 Å². The van der Waals surface area contributed by atoms with Crippen LogP contribution in [-0.4, -0.2) is 26.3 Å². The van der Waals surface area contributed by atoms with Crippen molar-refractivity contribution >= 4 is 11.7 Å². The number of nitrogen functional groups attached to an aromatic ring is 1. The van der Waals surface area contributed by atoms with Crippen LogP contribution < -0.4 is 15.2 Å². The summed E-state index contributed by atoms with van der Waals surface area (Å²) < 4.78 is 15.8. The van der Waals surface area contributed by atoms with Crippen molar-refractivity contribution in [2.24, 2.45) is 0 Å². The Hall–Kier alpha value is -2.69. The molecule has 5 heteroatoms. The van der Waals surface area contributed by atoms with E-state index in [0.717, 1.165) is 0 Å². The van der Waals surface area contributed by atoms with E-state index in [1.807, 2.05) is 12.1 Å². The number of anilines is 1. The molecule has 0 heterocycles. The monoisotopic (exact) mass is 287 g/mol. The highest BCUT2D eigenvalue weighted by Crippen LogP contribution is 2.25. The minimum atomic E-state index is -0.425. The van der Waals surface area contributed by atoms with Crippen LogP contribution in [-0.2, 0) is 4.74 Å². The molecular weight excluding hydrogens is 270 g/mol. The summed E-state index contributed by atoms with van der Waals surface area (Å²) in [5.74, 6) is 0.825. The summed E-state index contributed by atoms with van der Waals surface area (Å²) >= 11 is 0. The van der Waals surface area contributed by atoms with Crippen molar-refractivity contribution in [3.05, 3.63) is 54.1 Å². The van der Waals surface area contributed by atoms with Gasteiger partial charge in [0.1, 0.15) is 13.2 Å². The number of ether oxygens (including phenoxy) is 3. The average Bonchev–Trinajstić information content (AvgIpc) is 2.51. The van der Waals surface area contributed by atoms with Crippen molar-refractivity contribution in [1.29, 1.82) is 0 Å². The van der Waals surface area contributed by atoms with Gasteiger partial charge >= 0.3 is 5.97 Å². The van der Waals surface area contributed by atoms with Crippen molar-refractivity contribution in [3.8, 4) is 11.5 Å². The predicted octanol–water partition coefficient (Wildman–Crippen LogP) is 2.51. The number of hydrogen-bond donors (Lipinski definition) is 1. The third kappa shape index (κ3) is 4.14. The first-order valence-corrected chi connectivity index (χ1v) is 6.49. The first-order chi connectivity index (χ1) is 10.2. The normalized spacial score (nSPS) is 9.95. The van der Waals surface area contributed by atoms with E-state index >= 15 is 0 Å². The Labute approximate surface area is 123 Å². The number of carbonyl (C=O) groups is 1. The molecule has 0 aliphatic heterocycles. The molecule has 2 N–H and O–H groups in total. The van der Waals surface area contributed by atoms with Gasteiger partial charge in [0.15, 0.2) is 11.5 Å². The van der Waals surface area contributed by atoms with Crippen LogP contribution in [0.15, 0.2) is 48.5 Å². The van der Waals surface area contributed by atoms with Crippen LogP contribution in [0.5, 0.6) is 11.5 Å². The Morgan fingerprint density at radius 3 is 2.52 bits per heavy atom. The lowest BCUT2D eigenvalue weighted by Gasteiger charge is -2.10. The third-order valence-electron chi connectivity index (χ3n) is 2.77. The molecule has 0 atom stereocenters. The summed E-state index contributed by atoms with van der Waals surface area (Å²) in [6.45, 7) is 0.389. The van der Waals surface area contributed by atoms with Gasteiger partial charge in [-0.1, -0.05) is 18.2 Å². The lowest BCUT2D eigenvalue weighted by atomic mass is 10.2. The van der Waals surface area contributed by atoms with E-state index in [0.29, 0.717) is 22.7 Å². The van der Waals surface area contributed by atoms with Crippen molar-refractivity contribution in [3.63, 3.8) is 0 Å². The molecule has 0 aromatic heterocycles. The second-order valence-corrected chi connectivity index (χ2v) is 4.26. The molecule has 110 valence electrons. The quantitative estimate of drug-likeness (QED) is 0.502. The maximum Gasteiger partial charge on any atom is 0.338 e. The third-order valence-corrected chi connectivity index (χ3v) is 2.77. The second kappa shape index (κ2) is 7.19. The zero-order valence-corrected chi connectivity index (χ0v) is 11.7. The van der Waals surface area contributed by atoms with Crippen LogP contribution in [0.1, 0.15) is 10.4 Å². The van der Waals surface area contributed by atoms with E-state index in [-0.39, 0.29) is 13.2 Å². The second-order valence-electron chi connectivity index (χ2n) is 4.26. The number of para-hydroxylation sites is 2. The molecule has 21 heavy (non-hydrogen) atoms. The molecule has 0 spiro atoms. The summed E-state index contributed by atoms with van der Waals surface area (Å²) in [6, 6.07) is 13.9. The SMILES string of the molecule is COc1ccccc1OCCOC(=O)c1cccc(N)c1. The molecule has 0 saturated heterocycles. The fraction of sp³-hybridized carbons (Fsp3) is 0.188. The molecule has 0 amide bonds. The topological polar surface area (TPSA) is 70.8 Å². The minimum absolute atomic E-state index is 0.145. The van der Waals surface area contributed by atoms with Gasteiger partial charge in [0, 0.05) is 5.69 Å². The minimum Gasteiger partial charge on any atom is -0.493 e. The maximum atomic E-state index is 11.8. The van der Waals surface area contributed by atoms with Gasteiger partial charge in [0.2, 0.25) is 0 Å². The Morgan fingerprint density at radius 2 is 1.81 bits per heavy atom. The highest BCUT2D eigenvalue weighted by Gasteiger charge is 2.07. The molecule has 0 bridgehead atoms. The smallest absolute Gasteiger partial charge is 0.338 e. The van der Waals surface area contributed by atoms with Gasteiger partial charge < -0.3 is 19.9 Å². The highest BCUT2D eigenvalue weighted by molar-refractivity contribution is 5.90. The Kier molecular flexibility index (Phi) is 5.04. The molecule has 0 fully saturated rings. The van der Waals surface area contributed by atoms with Crippen LogP contribution in [0.4, 0.5) is 5.69 Å². The summed E-state index contributed by atoms with van der Waals surface area (Å²) in [5, 5.41) is 0. The first-order valence-electron chi connectivity index (χ1n) is 6.49. The lowest BCUT2D eigenvalue weighted by molar-refractivity contribution is 0.0449. The van der Waals surface area contributed by atoms with Gasteiger partial charge in [-0.25, -0.2) is 4.79 Å². The molecule has 0 aliphatic rings. The number of methoxy groups -OCH3 is 1. The average molecular weight is 287 g/mol. The van der Waals surface area contributed by atoms with Gasteiger partial charge in [-0.15, -0.1) is 0 Å². The fourth-order valence-electron chi connectivity index (χ4n) is 1.77. The van der Waals surface area contributed by atoms with Crippen LogP contribution in [0.25, 0.3) is 0 Å². The fourth-order valence-corrected chi connectivity index (χ4v) is 1.77. The summed E-state index contributed by atoms with van der Waals surface area (Å²) in [6.07, 6.45) is 0. The molecule has 2 aromatic rings. The van der Waals surface area contributed by atoms with Crippen LogP contribution in [0.3, 0.4) is 0 Å². The van der Waals surface area contributed by atoms with Crippen LogP contribution >= 0.6 is 0 Å². The Morgan fingerprint density at radius 1 is 1.05 bits per heavy atom. The van der Waals surface area contributed by atoms with Crippen molar-refractivity contribution in [2.45, 2.75) is 0 Å². The summed E-state index contributed by atoms with van der Waals surface area (Å²) in [7, 11) is 1.57. The van der Waals surface area contributed by atoms with Gasteiger partial charge in [-0.3, -0.25) is 0 Å². The number of rotatable bonds is 6. The van der Waals surface area contributed by atoms with Gasteiger partial charge in [-0.2, -0.15) is 0 Å². The predicted molar refractivity (Wildman–Crippen MR) is 79.6 cm³/mol. The highest BCUT2D eigenvalue weighted by atomic mass is 16.6. The summed E-state index contributed by atoms with van der Waals surface area (Å²) in [5.41, 5.74) is 6.56. The number of carbonyl (C=O) groups excluding carboxylic acids is 1. The van der Waals surface area contributed by atoms with Crippen molar-refractivity contribution in [1.82, 2.24) is 0 Å². The molecule has 0 unspecified atom stereocenters. The van der Waals surface area contributed by atoms with Gasteiger partial charge in [-0.05, 0) is 30.3 Å². The number of benzene rings is 2. The van der Waals surface area contributed by atoms with E-state index in [2.05, 4.69) is 0 Å². The molecule has 5 nitrogen and oxygen atoms in total. The zero-order chi connectivity index (χ0) is 15.1. The van der Waals surface area contributed by atoms with E-state index in [1.165, 1.54) is 0 Å².